The van der Waals surface area contributed by atoms with Gasteiger partial charge in [0.15, 0.2) is 0 Å². The maximum Gasteiger partial charge on any atom is 0.478 e. The van der Waals surface area contributed by atoms with Gasteiger partial charge in [0.2, 0.25) is 0 Å². The van der Waals surface area contributed by atoms with Gasteiger partial charge in [0.25, 0.3) is 0 Å². The van der Waals surface area contributed by atoms with Gasteiger partial charge in [-0.05, 0) is 27.7 Å². The molecule has 0 heterocycles. The molecule has 0 aliphatic carbocycles. The van der Waals surface area contributed by atoms with Crippen LogP contribution in [0.5, 0.6) is 0 Å². The summed E-state index contributed by atoms with van der Waals surface area (Å²) < 4.78 is 19.7. The summed E-state index contributed by atoms with van der Waals surface area (Å²) >= 11 is 5.29. The van der Waals surface area contributed by atoms with E-state index in [0.717, 1.165) is 0 Å². The van der Waals surface area contributed by atoms with Crippen LogP contribution in [0.25, 0.3) is 0 Å². The second kappa shape index (κ2) is 5.96. The van der Waals surface area contributed by atoms with Crippen molar-refractivity contribution in [3.8, 4) is 0 Å². The zero-order valence-electron chi connectivity index (χ0n) is 8.02. The molecule has 0 atom stereocenters. The Morgan fingerprint density at radius 1 is 1.00 bits per heavy atom. The van der Waals surface area contributed by atoms with E-state index >= 15 is 0 Å². The zero-order valence-corrected chi connectivity index (χ0v) is 9.67. The molecule has 0 N–H and O–H groups in total. The summed E-state index contributed by atoms with van der Waals surface area (Å²) in [7, 11) is 0. The van der Waals surface area contributed by atoms with Gasteiger partial charge < -0.3 is 0 Å². The van der Waals surface area contributed by atoms with Crippen LogP contribution in [-0.2, 0) is 23.7 Å². The molecule has 7 heteroatoms. The van der Waals surface area contributed by atoms with Crippen molar-refractivity contribution in [3.05, 3.63) is 0 Å². The smallest absolute Gasteiger partial charge is 0.236 e. The molecule has 0 saturated carbocycles. The van der Waals surface area contributed by atoms with E-state index in [9.17, 15) is 4.57 Å². The molecule has 5 nitrogen and oxygen atoms in total. The molecular formula is C6H14ClO5P. The van der Waals surface area contributed by atoms with Crippen LogP contribution in [0.15, 0.2) is 0 Å². The van der Waals surface area contributed by atoms with Crippen LogP contribution in [0.3, 0.4) is 0 Å². The molecule has 0 aromatic rings. The van der Waals surface area contributed by atoms with Crippen molar-refractivity contribution >= 4 is 18.2 Å². The van der Waals surface area contributed by atoms with Crippen LogP contribution in [0.1, 0.15) is 27.7 Å². The highest BCUT2D eigenvalue weighted by atomic mass is 35.7. The van der Waals surface area contributed by atoms with Crippen LogP contribution >= 0.6 is 18.2 Å². The van der Waals surface area contributed by atoms with E-state index in [0.29, 0.717) is 0 Å². The minimum atomic E-state index is -3.77. The number of hydrogen-bond donors (Lipinski definition) is 0. The molecule has 0 radical (unpaired) electrons. The summed E-state index contributed by atoms with van der Waals surface area (Å²) in [5, 5.41) is 0. The lowest BCUT2D eigenvalue weighted by Gasteiger charge is -2.12. The molecule has 0 spiro atoms. The van der Waals surface area contributed by atoms with Crippen molar-refractivity contribution in [2.45, 2.75) is 39.9 Å². The summed E-state index contributed by atoms with van der Waals surface area (Å²) in [5.41, 5.74) is 0. The van der Waals surface area contributed by atoms with E-state index in [-0.39, 0.29) is 12.2 Å². The summed E-state index contributed by atoms with van der Waals surface area (Å²) in [6.07, 6.45) is -0.510. The first-order valence-corrected chi connectivity index (χ1v) is 6.28. The van der Waals surface area contributed by atoms with E-state index in [4.69, 9.17) is 11.2 Å². The number of hydrogen-bond acceptors (Lipinski definition) is 5. The normalized spacial score (nSPS) is 12.8. The second-order valence-electron chi connectivity index (χ2n) is 2.87. The molecule has 0 unspecified atom stereocenters. The number of rotatable bonds is 6. The minimum Gasteiger partial charge on any atom is -0.236 e. The summed E-state index contributed by atoms with van der Waals surface area (Å²) in [5.74, 6) is 0. The second-order valence-corrected chi connectivity index (χ2v) is 5.27. The Labute approximate surface area is 82.4 Å². The predicted octanol–water partition coefficient (Wildman–Crippen LogP) is 3.05. The van der Waals surface area contributed by atoms with Crippen molar-refractivity contribution in [2.24, 2.45) is 0 Å². The van der Waals surface area contributed by atoms with Crippen LogP contribution in [-0.4, -0.2) is 12.2 Å². The van der Waals surface area contributed by atoms with Crippen LogP contribution in [0.4, 0.5) is 0 Å². The zero-order chi connectivity index (χ0) is 10.5. The maximum absolute atomic E-state index is 11.1. The molecule has 80 valence electrons. The van der Waals surface area contributed by atoms with E-state index in [1.807, 2.05) is 0 Å². The van der Waals surface area contributed by atoms with Gasteiger partial charge in [0.1, 0.15) is 0 Å². The Balaban J connectivity index is 3.74. The van der Waals surface area contributed by atoms with E-state index in [1.165, 1.54) is 0 Å². The highest BCUT2D eigenvalue weighted by Crippen LogP contribution is 2.54. The molecule has 0 saturated heterocycles. The highest BCUT2D eigenvalue weighted by Gasteiger charge is 2.25. The van der Waals surface area contributed by atoms with Gasteiger partial charge in [-0.1, -0.05) is 0 Å². The van der Waals surface area contributed by atoms with Gasteiger partial charge >= 0.3 is 6.95 Å². The fraction of sp³-hybridized carbons (Fsp3) is 1.00. The lowest BCUT2D eigenvalue weighted by Crippen LogP contribution is -2.05. The third-order valence-corrected chi connectivity index (χ3v) is 1.52. The summed E-state index contributed by atoms with van der Waals surface area (Å²) in [6, 6.07) is 0. The Morgan fingerprint density at radius 3 is 1.54 bits per heavy atom. The van der Waals surface area contributed by atoms with Crippen molar-refractivity contribution in [2.75, 3.05) is 0 Å². The molecule has 0 aromatic carbocycles. The molecule has 0 aliphatic rings. The molecular weight excluding hydrogens is 218 g/mol. The maximum atomic E-state index is 11.1. The van der Waals surface area contributed by atoms with E-state index < -0.39 is 6.95 Å². The van der Waals surface area contributed by atoms with Crippen molar-refractivity contribution in [3.63, 3.8) is 0 Å². The first kappa shape index (κ1) is 13.4. The number of halogens is 1. The molecule has 0 bridgehead atoms. The lowest BCUT2D eigenvalue weighted by molar-refractivity contribution is -0.287. The van der Waals surface area contributed by atoms with Gasteiger partial charge in [-0.3, -0.25) is 0 Å². The Kier molecular flexibility index (Phi) is 6.12. The summed E-state index contributed by atoms with van der Waals surface area (Å²) in [6.45, 7) is 3.01. The van der Waals surface area contributed by atoms with Crippen molar-refractivity contribution in [1.29, 1.82) is 0 Å². The average Bonchev–Trinajstić information content (AvgIpc) is 1.98. The Bertz CT molecular complexity index is 168. The Hall–Kier alpha value is 0.360. The van der Waals surface area contributed by atoms with Gasteiger partial charge in [0.05, 0.1) is 12.2 Å². The molecule has 13 heavy (non-hydrogen) atoms. The monoisotopic (exact) mass is 232 g/mol. The third kappa shape index (κ3) is 8.68. The largest absolute Gasteiger partial charge is 0.478 e. The summed E-state index contributed by atoms with van der Waals surface area (Å²) in [4.78, 5) is 9.08. The van der Waals surface area contributed by atoms with Gasteiger partial charge in [-0.15, -0.1) is 9.35 Å². The Morgan fingerprint density at radius 2 is 1.31 bits per heavy atom. The minimum absolute atomic E-state index is 0.255. The SMILES string of the molecule is CC(C)OOP(=O)(Cl)OOC(C)C. The van der Waals surface area contributed by atoms with Crippen molar-refractivity contribution < 1.29 is 23.7 Å². The van der Waals surface area contributed by atoms with Gasteiger partial charge in [-0.25, -0.2) is 14.3 Å². The van der Waals surface area contributed by atoms with Crippen LogP contribution < -0.4 is 0 Å². The fourth-order valence-corrected chi connectivity index (χ4v) is 1.06. The van der Waals surface area contributed by atoms with E-state index in [1.54, 1.807) is 27.7 Å². The van der Waals surface area contributed by atoms with Crippen LogP contribution in [0.2, 0.25) is 0 Å². The van der Waals surface area contributed by atoms with Gasteiger partial charge in [0, 0.05) is 11.2 Å². The quantitative estimate of drug-likeness (QED) is 0.400. The standard InChI is InChI=1S/C6H14ClO5P/c1-5(2)9-11-13(7,8)12-10-6(3)4/h5-6H,1-4H3. The highest BCUT2D eigenvalue weighted by molar-refractivity contribution is 7.81. The van der Waals surface area contributed by atoms with Gasteiger partial charge in [-0.2, -0.15) is 0 Å². The first-order valence-electron chi connectivity index (χ1n) is 3.83. The fourth-order valence-electron chi connectivity index (χ4n) is 0.287. The predicted molar refractivity (Wildman–Crippen MR) is 48.1 cm³/mol. The molecule has 0 fully saturated rings. The first-order chi connectivity index (χ1) is 5.83. The topological polar surface area (TPSA) is 54.0 Å². The van der Waals surface area contributed by atoms with Crippen LogP contribution in [0, 0.1) is 0 Å². The lowest BCUT2D eigenvalue weighted by atomic mass is 10.5. The third-order valence-electron chi connectivity index (χ3n) is 0.649. The molecule has 0 rings (SSSR count). The molecule has 0 aromatic heterocycles. The molecule has 0 aliphatic heterocycles. The average molecular weight is 233 g/mol. The van der Waals surface area contributed by atoms with Crippen molar-refractivity contribution in [1.82, 2.24) is 0 Å². The molecule has 0 amide bonds. The van der Waals surface area contributed by atoms with E-state index in [2.05, 4.69) is 19.1 Å².